The average Bonchev–Trinajstić information content (AvgIpc) is 3.75. The predicted octanol–water partition coefficient (Wildman–Crippen LogP) is 7.81. The van der Waals surface area contributed by atoms with Crippen LogP contribution < -0.4 is 10.2 Å². The Hall–Kier alpha value is -3.23. The molecule has 3 aromatic carbocycles. The van der Waals surface area contributed by atoms with Gasteiger partial charge < -0.3 is 14.8 Å². The van der Waals surface area contributed by atoms with Gasteiger partial charge in [-0.1, -0.05) is 65.7 Å². The van der Waals surface area contributed by atoms with E-state index in [1.165, 1.54) is 5.56 Å². The lowest BCUT2D eigenvalue weighted by Crippen LogP contribution is -2.40. The third-order valence-electron chi connectivity index (χ3n) is 8.79. The van der Waals surface area contributed by atoms with E-state index < -0.39 is 17.5 Å². The number of nitrogens with zero attached hydrogens (tertiary/aromatic N) is 3. The minimum atomic E-state index is -4.54. The predicted molar refractivity (Wildman–Crippen MR) is 160 cm³/mol. The fourth-order valence-electron chi connectivity index (χ4n) is 5.99. The fraction of sp³-hybridized carbons (Fsp3) is 0.375. The van der Waals surface area contributed by atoms with Gasteiger partial charge in [-0.05, 0) is 66.5 Å². The molecule has 2 fully saturated rings. The first-order valence-corrected chi connectivity index (χ1v) is 14.9. The molecule has 2 aliphatic rings. The Morgan fingerprint density at radius 2 is 1.74 bits per heavy atom. The Bertz CT molecular complexity index is 1620. The lowest BCUT2D eigenvalue weighted by Gasteiger charge is -2.34. The van der Waals surface area contributed by atoms with Crippen LogP contribution in [0.3, 0.4) is 0 Å². The number of aromatic nitrogens is 2. The molecule has 0 unspecified atom stereocenters. The monoisotopic (exact) mass is 614 g/mol. The van der Waals surface area contributed by atoms with Crippen molar-refractivity contribution in [1.29, 1.82) is 0 Å². The van der Waals surface area contributed by atoms with Crippen LogP contribution in [0.4, 0.5) is 18.9 Å². The van der Waals surface area contributed by atoms with E-state index in [0.29, 0.717) is 27.9 Å². The van der Waals surface area contributed by atoms with Crippen LogP contribution in [0.1, 0.15) is 54.1 Å². The quantitative estimate of drug-likeness (QED) is 0.231. The minimum Gasteiger partial charge on any atom is -0.370 e. The number of imidazole rings is 1. The van der Waals surface area contributed by atoms with Crippen molar-refractivity contribution in [2.24, 2.45) is 12.5 Å². The zero-order valence-corrected chi connectivity index (χ0v) is 24.7. The van der Waals surface area contributed by atoms with Gasteiger partial charge in [0.05, 0.1) is 21.7 Å². The van der Waals surface area contributed by atoms with Gasteiger partial charge in [-0.2, -0.15) is 13.2 Å². The van der Waals surface area contributed by atoms with Gasteiger partial charge in [-0.25, -0.2) is 4.98 Å². The van der Waals surface area contributed by atoms with Crippen LogP contribution in [0, 0.1) is 5.41 Å². The number of aryl methyl sites for hydroxylation is 1. The van der Waals surface area contributed by atoms with Gasteiger partial charge in [0.2, 0.25) is 5.91 Å². The number of hydrogen-bond acceptors (Lipinski definition) is 3. The number of carbonyl (C=O) groups is 1. The number of fused-ring (bicyclic) bond motifs is 1. The van der Waals surface area contributed by atoms with Crippen molar-refractivity contribution in [1.82, 2.24) is 14.9 Å². The molecular weight excluding hydrogens is 584 g/mol. The molecule has 1 saturated heterocycles. The summed E-state index contributed by atoms with van der Waals surface area (Å²) in [5.41, 5.74) is 3.31. The van der Waals surface area contributed by atoms with Crippen LogP contribution in [0.25, 0.3) is 11.0 Å². The largest absolute Gasteiger partial charge is 0.403 e. The van der Waals surface area contributed by atoms with E-state index in [1.807, 2.05) is 29.8 Å². The molecule has 0 bridgehead atoms. The normalized spacial score (nSPS) is 17.0. The summed E-state index contributed by atoms with van der Waals surface area (Å²) in [6, 6.07) is 19.9. The Balaban J connectivity index is 1.17. The van der Waals surface area contributed by atoms with E-state index in [2.05, 4.69) is 40.5 Å². The van der Waals surface area contributed by atoms with Crippen LogP contribution in [-0.4, -0.2) is 34.7 Å². The molecule has 10 heteroatoms. The van der Waals surface area contributed by atoms with Gasteiger partial charge in [0.15, 0.2) is 0 Å². The highest BCUT2D eigenvalue weighted by molar-refractivity contribution is 6.34. The highest BCUT2D eigenvalue weighted by Gasteiger charge is 2.68. The molecule has 1 aliphatic heterocycles. The summed E-state index contributed by atoms with van der Waals surface area (Å²) in [5.74, 6) is 0.346. The molecule has 1 saturated carbocycles. The van der Waals surface area contributed by atoms with Crippen molar-refractivity contribution < 1.29 is 18.0 Å². The summed E-state index contributed by atoms with van der Waals surface area (Å²) in [7, 11) is 1.95. The second-order valence-corrected chi connectivity index (χ2v) is 12.2. The lowest BCUT2D eigenvalue weighted by molar-refractivity contribution is -0.192. The van der Waals surface area contributed by atoms with Gasteiger partial charge in [-0.3, -0.25) is 4.79 Å². The minimum absolute atomic E-state index is 0.0106. The van der Waals surface area contributed by atoms with E-state index in [4.69, 9.17) is 28.2 Å². The molecule has 0 spiro atoms. The van der Waals surface area contributed by atoms with E-state index in [0.717, 1.165) is 54.0 Å². The lowest BCUT2D eigenvalue weighted by atomic mass is 9.89. The summed E-state index contributed by atoms with van der Waals surface area (Å²) in [6.45, 7) is 1.82. The van der Waals surface area contributed by atoms with E-state index in [1.54, 1.807) is 12.1 Å². The molecule has 5 nitrogen and oxygen atoms in total. The van der Waals surface area contributed by atoms with Crippen molar-refractivity contribution in [3.63, 3.8) is 0 Å². The summed E-state index contributed by atoms with van der Waals surface area (Å²) in [5, 5.41) is 3.65. The summed E-state index contributed by atoms with van der Waals surface area (Å²) in [4.78, 5) is 19.5. The molecule has 6 rings (SSSR count). The second kappa shape index (κ2) is 11.1. The van der Waals surface area contributed by atoms with Crippen molar-refractivity contribution in [3.8, 4) is 0 Å². The molecule has 0 atom stereocenters. The number of hydrogen-bond donors (Lipinski definition) is 1. The number of alkyl halides is 3. The number of amides is 1. The number of halogens is 5. The van der Waals surface area contributed by atoms with Crippen molar-refractivity contribution in [3.05, 3.63) is 93.2 Å². The van der Waals surface area contributed by atoms with Crippen molar-refractivity contribution in [2.45, 2.75) is 50.7 Å². The van der Waals surface area contributed by atoms with Crippen LogP contribution in [-0.2, 0) is 24.8 Å². The third-order valence-corrected chi connectivity index (χ3v) is 9.46. The van der Waals surface area contributed by atoms with Crippen molar-refractivity contribution in [2.75, 3.05) is 18.0 Å². The molecule has 1 N–H and O–H groups in total. The highest BCUT2D eigenvalue weighted by atomic mass is 35.5. The van der Waals surface area contributed by atoms with Gasteiger partial charge in [-0.15, -0.1) is 0 Å². The number of benzene rings is 3. The maximum absolute atomic E-state index is 13.3. The van der Waals surface area contributed by atoms with Gasteiger partial charge in [0.1, 0.15) is 11.2 Å². The SMILES string of the molecule is Cn1c(Cc2cc(CNC(=O)C3(C(F)(F)F)CC3)ccc2Cl)nc2cc(Cl)c(N3CCC(c4ccccc4)CC3)cc21. The van der Waals surface area contributed by atoms with Crippen LogP contribution in [0.2, 0.25) is 10.0 Å². The fourth-order valence-corrected chi connectivity index (χ4v) is 6.45. The Morgan fingerprint density at radius 3 is 2.40 bits per heavy atom. The van der Waals surface area contributed by atoms with Gasteiger partial charge >= 0.3 is 6.18 Å². The number of anilines is 1. The van der Waals surface area contributed by atoms with Crippen LogP contribution in [0.15, 0.2) is 60.7 Å². The molecule has 1 aliphatic carbocycles. The number of piperidine rings is 1. The molecule has 1 aromatic heterocycles. The molecule has 42 heavy (non-hydrogen) atoms. The summed E-state index contributed by atoms with van der Waals surface area (Å²) < 4.78 is 41.9. The zero-order valence-electron chi connectivity index (χ0n) is 23.1. The van der Waals surface area contributed by atoms with Gasteiger partial charge in [0, 0.05) is 38.1 Å². The Kier molecular flexibility index (Phi) is 7.64. The summed E-state index contributed by atoms with van der Waals surface area (Å²) in [6.07, 6.45) is -2.35. The smallest absolute Gasteiger partial charge is 0.370 e. The van der Waals surface area contributed by atoms with Crippen molar-refractivity contribution >= 4 is 45.8 Å². The number of rotatable bonds is 7. The molecule has 2 heterocycles. The average molecular weight is 616 g/mol. The standard InChI is InChI=1S/C32H31Cl2F3N4O/c1-40-28-18-27(41-13-9-22(10-14-41)21-5-3-2-4-6-21)25(34)17-26(28)39-29(40)16-23-15-20(7-8-24(23)33)19-38-30(42)31(11-12-31)32(35,36)37/h2-8,15,17-18,22H,9-14,16,19H2,1H3,(H,38,42). The van der Waals surface area contributed by atoms with Gasteiger partial charge in [0.25, 0.3) is 0 Å². The maximum Gasteiger partial charge on any atom is 0.403 e. The first kappa shape index (κ1) is 28.9. The first-order chi connectivity index (χ1) is 20.1. The third kappa shape index (κ3) is 5.47. The van der Waals surface area contributed by atoms with E-state index in [9.17, 15) is 18.0 Å². The molecule has 0 radical (unpaired) electrons. The zero-order chi connectivity index (χ0) is 29.6. The maximum atomic E-state index is 13.3. The molecule has 220 valence electrons. The first-order valence-electron chi connectivity index (χ1n) is 14.1. The van der Waals surface area contributed by atoms with E-state index >= 15 is 0 Å². The Labute approximate surface area is 252 Å². The van der Waals surface area contributed by atoms with E-state index in [-0.39, 0.29) is 19.4 Å². The molecule has 1 amide bonds. The van der Waals surface area contributed by atoms with Crippen LogP contribution in [0.5, 0.6) is 0 Å². The topological polar surface area (TPSA) is 50.2 Å². The highest BCUT2D eigenvalue weighted by Crippen LogP contribution is 2.57. The second-order valence-electron chi connectivity index (χ2n) is 11.4. The molecule has 4 aromatic rings. The Morgan fingerprint density at radius 1 is 1.02 bits per heavy atom. The summed E-state index contributed by atoms with van der Waals surface area (Å²) >= 11 is 13.3. The number of nitrogens with one attached hydrogen (secondary N) is 1. The molecular formula is C32H31Cl2F3N4O. The number of carbonyl (C=O) groups excluding carboxylic acids is 1. The van der Waals surface area contributed by atoms with Crippen LogP contribution >= 0.6 is 23.2 Å².